The number of benzene rings is 1. The second-order valence-electron chi connectivity index (χ2n) is 7.04. The van der Waals surface area contributed by atoms with Gasteiger partial charge in [-0.15, -0.1) is 10.2 Å². The van der Waals surface area contributed by atoms with E-state index in [2.05, 4.69) is 25.1 Å². The van der Waals surface area contributed by atoms with Gasteiger partial charge in [0.2, 0.25) is 0 Å². The minimum atomic E-state index is -0.0863. The predicted molar refractivity (Wildman–Crippen MR) is 100 cm³/mol. The lowest BCUT2D eigenvalue weighted by atomic mass is 9.99. The molecular formula is C20H23N5O. The molecular weight excluding hydrogens is 326 g/mol. The van der Waals surface area contributed by atoms with Gasteiger partial charge in [0.1, 0.15) is 5.82 Å². The molecule has 0 spiro atoms. The lowest BCUT2D eigenvalue weighted by Gasteiger charge is -2.16. The van der Waals surface area contributed by atoms with Crippen LogP contribution in [0.2, 0.25) is 0 Å². The van der Waals surface area contributed by atoms with Crippen LogP contribution in [-0.2, 0) is 19.5 Å². The summed E-state index contributed by atoms with van der Waals surface area (Å²) in [4.78, 5) is 17.6. The highest BCUT2D eigenvalue weighted by molar-refractivity contribution is 6.07. The Hall–Kier alpha value is -2.76. The third-order valence-corrected chi connectivity index (χ3v) is 5.20. The van der Waals surface area contributed by atoms with Crippen molar-refractivity contribution in [2.45, 2.75) is 53.1 Å². The standard InChI is InChI=1S/C20H23N5O/c1-12-7-8-16-15(10-12)19(13(2)14(3)22-16)20(26)21-11-18-24-23-17-6-4-5-9-25(17)18/h7-8,10H,4-6,9,11H2,1-3H3,(H,21,26). The third kappa shape index (κ3) is 2.85. The lowest BCUT2D eigenvalue weighted by molar-refractivity contribution is 0.0950. The lowest BCUT2D eigenvalue weighted by Crippen LogP contribution is -2.27. The molecule has 3 aromatic rings. The summed E-state index contributed by atoms with van der Waals surface area (Å²) < 4.78 is 2.14. The fraction of sp³-hybridized carbons (Fsp3) is 0.400. The first-order valence-electron chi connectivity index (χ1n) is 9.11. The van der Waals surface area contributed by atoms with E-state index >= 15 is 0 Å². The molecule has 2 aromatic heterocycles. The molecule has 1 aromatic carbocycles. The van der Waals surface area contributed by atoms with Crippen molar-refractivity contribution in [3.05, 3.63) is 52.2 Å². The van der Waals surface area contributed by atoms with Gasteiger partial charge in [-0.25, -0.2) is 0 Å². The van der Waals surface area contributed by atoms with Crippen LogP contribution in [0.25, 0.3) is 10.9 Å². The van der Waals surface area contributed by atoms with E-state index in [1.807, 2.05) is 39.0 Å². The maximum absolute atomic E-state index is 13.0. The maximum Gasteiger partial charge on any atom is 0.252 e. The topological polar surface area (TPSA) is 72.7 Å². The highest BCUT2D eigenvalue weighted by atomic mass is 16.1. The van der Waals surface area contributed by atoms with Crippen molar-refractivity contribution in [2.24, 2.45) is 0 Å². The molecule has 1 aliphatic rings. The molecule has 0 bridgehead atoms. The number of aryl methyl sites for hydroxylation is 3. The van der Waals surface area contributed by atoms with E-state index in [0.29, 0.717) is 12.1 Å². The largest absolute Gasteiger partial charge is 0.345 e. The van der Waals surface area contributed by atoms with Crippen LogP contribution < -0.4 is 5.32 Å². The molecule has 0 saturated carbocycles. The summed E-state index contributed by atoms with van der Waals surface area (Å²) in [5.74, 6) is 1.77. The summed E-state index contributed by atoms with van der Waals surface area (Å²) >= 11 is 0. The molecule has 0 unspecified atom stereocenters. The minimum absolute atomic E-state index is 0.0863. The zero-order chi connectivity index (χ0) is 18.3. The average molecular weight is 349 g/mol. The highest BCUT2D eigenvalue weighted by Gasteiger charge is 2.19. The van der Waals surface area contributed by atoms with Gasteiger partial charge in [0.25, 0.3) is 5.91 Å². The smallest absolute Gasteiger partial charge is 0.252 e. The monoisotopic (exact) mass is 349 g/mol. The molecule has 0 aliphatic carbocycles. The summed E-state index contributed by atoms with van der Waals surface area (Å²) in [6.07, 6.45) is 3.26. The Morgan fingerprint density at radius 1 is 1.19 bits per heavy atom. The summed E-state index contributed by atoms with van der Waals surface area (Å²) in [5.41, 5.74) is 4.47. The van der Waals surface area contributed by atoms with E-state index in [1.54, 1.807) is 0 Å². The number of carbonyl (C=O) groups excluding carboxylic acids is 1. The van der Waals surface area contributed by atoms with Crippen LogP contribution >= 0.6 is 0 Å². The number of fused-ring (bicyclic) bond motifs is 2. The summed E-state index contributed by atoms with van der Waals surface area (Å²) in [6.45, 7) is 7.25. The molecule has 0 fully saturated rings. The van der Waals surface area contributed by atoms with E-state index in [9.17, 15) is 4.79 Å². The summed E-state index contributed by atoms with van der Waals surface area (Å²) in [7, 11) is 0. The van der Waals surface area contributed by atoms with Gasteiger partial charge in [0.05, 0.1) is 17.6 Å². The van der Waals surface area contributed by atoms with Crippen LogP contribution in [0.4, 0.5) is 0 Å². The van der Waals surface area contributed by atoms with Gasteiger partial charge in [-0.05, 0) is 51.3 Å². The van der Waals surface area contributed by atoms with E-state index in [-0.39, 0.29) is 5.91 Å². The van der Waals surface area contributed by atoms with Crippen LogP contribution in [0.15, 0.2) is 18.2 Å². The molecule has 4 rings (SSSR count). The number of pyridine rings is 1. The van der Waals surface area contributed by atoms with Gasteiger partial charge < -0.3 is 9.88 Å². The first-order chi connectivity index (χ1) is 12.5. The van der Waals surface area contributed by atoms with Gasteiger partial charge in [0, 0.05) is 24.0 Å². The molecule has 6 nitrogen and oxygen atoms in total. The number of amides is 1. The molecule has 6 heteroatoms. The molecule has 0 saturated heterocycles. The number of nitrogens with one attached hydrogen (secondary N) is 1. The quantitative estimate of drug-likeness (QED) is 0.789. The van der Waals surface area contributed by atoms with E-state index in [1.165, 1.54) is 0 Å². The highest BCUT2D eigenvalue weighted by Crippen LogP contribution is 2.24. The normalized spacial score (nSPS) is 13.7. The van der Waals surface area contributed by atoms with Crippen molar-refractivity contribution < 1.29 is 4.79 Å². The predicted octanol–water partition coefficient (Wildman–Crippen LogP) is 3.02. The number of nitrogens with zero attached hydrogens (tertiary/aromatic N) is 4. The Morgan fingerprint density at radius 2 is 2.04 bits per heavy atom. The van der Waals surface area contributed by atoms with Crippen LogP contribution in [0.3, 0.4) is 0 Å². The molecule has 1 aliphatic heterocycles. The van der Waals surface area contributed by atoms with E-state index in [4.69, 9.17) is 0 Å². The molecule has 0 atom stereocenters. The SMILES string of the molecule is Cc1ccc2nc(C)c(C)c(C(=O)NCc3nnc4n3CCCC4)c2c1. The van der Waals surface area contributed by atoms with Gasteiger partial charge in [-0.1, -0.05) is 11.6 Å². The number of hydrogen-bond acceptors (Lipinski definition) is 4. The van der Waals surface area contributed by atoms with Crippen molar-refractivity contribution in [3.8, 4) is 0 Å². The van der Waals surface area contributed by atoms with Gasteiger partial charge in [-0.3, -0.25) is 9.78 Å². The first kappa shape index (κ1) is 16.7. The molecule has 3 heterocycles. The molecule has 0 radical (unpaired) electrons. The van der Waals surface area contributed by atoms with Crippen molar-refractivity contribution in [3.63, 3.8) is 0 Å². The number of carbonyl (C=O) groups is 1. The van der Waals surface area contributed by atoms with Crippen molar-refractivity contribution in [1.82, 2.24) is 25.1 Å². The fourth-order valence-corrected chi connectivity index (χ4v) is 3.63. The van der Waals surface area contributed by atoms with Crippen LogP contribution in [-0.4, -0.2) is 25.7 Å². The zero-order valence-electron chi connectivity index (χ0n) is 15.5. The van der Waals surface area contributed by atoms with E-state index in [0.717, 1.165) is 65.2 Å². The van der Waals surface area contributed by atoms with Gasteiger partial charge >= 0.3 is 0 Å². The summed E-state index contributed by atoms with van der Waals surface area (Å²) in [6, 6.07) is 6.03. The van der Waals surface area contributed by atoms with Crippen LogP contribution in [0, 0.1) is 20.8 Å². The first-order valence-corrected chi connectivity index (χ1v) is 9.11. The molecule has 1 amide bonds. The Bertz CT molecular complexity index is 1010. The van der Waals surface area contributed by atoms with Crippen molar-refractivity contribution >= 4 is 16.8 Å². The molecule has 26 heavy (non-hydrogen) atoms. The average Bonchev–Trinajstić information content (AvgIpc) is 3.04. The number of hydrogen-bond donors (Lipinski definition) is 1. The molecule has 134 valence electrons. The maximum atomic E-state index is 13.0. The Kier molecular flexibility index (Phi) is 4.18. The van der Waals surface area contributed by atoms with Crippen molar-refractivity contribution in [1.29, 1.82) is 0 Å². The van der Waals surface area contributed by atoms with Gasteiger partial charge in [0.15, 0.2) is 5.82 Å². The zero-order valence-corrected chi connectivity index (χ0v) is 15.5. The minimum Gasteiger partial charge on any atom is -0.345 e. The third-order valence-electron chi connectivity index (χ3n) is 5.20. The van der Waals surface area contributed by atoms with E-state index < -0.39 is 0 Å². The Labute approximate surface area is 152 Å². The fourth-order valence-electron chi connectivity index (χ4n) is 3.63. The molecule has 1 N–H and O–H groups in total. The second-order valence-corrected chi connectivity index (χ2v) is 7.04. The Morgan fingerprint density at radius 3 is 2.88 bits per heavy atom. The van der Waals surface area contributed by atoms with Gasteiger partial charge in [-0.2, -0.15) is 0 Å². The van der Waals surface area contributed by atoms with Crippen LogP contribution in [0.5, 0.6) is 0 Å². The summed E-state index contributed by atoms with van der Waals surface area (Å²) in [5, 5.41) is 12.5. The Balaban J connectivity index is 1.65. The second kappa shape index (κ2) is 6.52. The van der Waals surface area contributed by atoms with Crippen LogP contribution in [0.1, 0.15) is 51.7 Å². The van der Waals surface area contributed by atoms with Crippen molar-refractivity contribution in [2.75, 3.05) is 0 Å². The number of rotatable bonds is 3. The number of aromatic nitrogens is 4.